The summed E-state index contributed by atoms with van der Waals surface area (Å²) in [7, 11) is 1.64. The number of rotatable bonds is 7. The minimum absolute atomic E-state index is 0.152. The smallest absolute Gasteiger partial charge is 0.195 e. The Kier molecular flexibility index (Phi) is 6.10. The molecule has 1 fully saturated rings. The Hall–Kier alpha value is -1.95. The van der Waals surface area contributed by atoms with Crippen LogP contribution in [0.5, 0.6) is 11.5 Å². The van der Waals surface area contributed by atoms with Crippen LogP contribution in [-0.2, 0) is 4.74 Å². The topological polar surface area (TPSA) is 64.1 Å². The second-order valence-electron chi connectivity index (χ2n) is 5.92. The molecular formula is C17H27N3O3. The predicted octanol–water partition coefficient (Wildman–Crippen LogP) is 2.51. The molecule has 0 bridgehead atoms. The number of methoxy groups -OCH3 is 1. The van der Waals surface area contributed by atoms with Gasteiger partial charge in [0.1, 0.15) is 0 Å². The molecule has 0 aromatic heterocycles. The third-order valence-electron chi connectivity index (χ3n) is 3.59. The van der Waals surface area contributed by atoms with Crippen molar-refractivity contribution >= 4 is 11.6 Å². The van der Waals surface area contributed by atoms with Crippen molar-refractivity contribution in [2.75, 3.05) is 45.3 Å². The van der Waals surface area contributed by atoms with E-state index in [-0.39, 0.29) is 5.41 Å². The predicted molar refractivity (Wildman–Crippen MR) is 92.7 cm³/mol. The van der Waals surface area contributed by atoms with Gasteiger partial charge in [0.25, 0.3) is 0 Å². The first kappa shape index (κ1) is 17.4. The fourth-order valence-corrected chi connectivity index (χ4v) is 2.28. The lowest BCUT2D eigenvalue weighted by Gasteiger charge is -2.36. The highest BCUT2D eigenvalue weighted by Crippen LogP contribution is 2.30. The SMILES string of the molecule is CCNC(=NCC1(C)COC1)Nc1ccc(OC)c(OCC)c1. The standard InChI is InChI=1S/C17H27N3O3/c1-5-18-16(19-10-17(3)11-22-12-17)20-13-7-8-14(21-4)15(9-13)23-6-2/h7-9H,5-6,10-12H2,1-4H3,(H2,18,19,20). The summed E-state index contributed by atoms with van der Waals surface area (Å²) in [5, 5.41) is 6.57. The maximum absolute atomic E-state index is 5.61. The molecule has 1 aromatic carbocycles. The van der Waals surface area contributed by atoms with Gasteiger partial charge in [0, 0.05) is 23.7 Å². The first-order valence-electron chi connectivity index (χ1n) is 8.04. The molecule has 1 aromatic rings. The van der Waals surface area contributed by atoms with Crippen molar-refractivity contribution in [3.05, 3.63) is 18.2 Å². The van der Waals surface area contributed by atoms with Crippen molar-refractivity contribution in [1.29, 1.82) is 0 Å². The summed E-state index contributed by atoms with van der Waals surface area (Å²) in [6.07, 6.45) is 0. The average molecular weight is 321 g/mol. The van der Waals surface area contributed by atoms with E-state index in [9.17, 15) is 0 Å². The van der Waals surface area contributed by atoms with Gasteiger partial charge in [-0.15, -0.1) is 0 Å². The Bertz CT molecular complexity index is 542. The lowest BCUT2D eigenvalue weighted by atomic mass is 9.89. The quantitative estimate of drug-likeness (QED) is 0.597. The highest BCUT2D eigenvalue weighted by atomic mass is 16.5. The Morgan fingerprint density at radius 2 is 2.09 bits per heavy atom. The Morgan fingerprint density at radius 1 is 1.30 bits per heavy atom. The van der Waals surface area contributed by atoms with Crippen molar-refractivity contribution in [1.82, 2.24) is 5.32 Å². The minimum atomic E-state index is 0.152. The van der Waals surface area contributed by atoms with Gasteiger partial charge in [0.2, 0.25) is 0 Å². The molecule has 0 aliphatic carbocycles. The van der Waals surface area contributed by atoms with Crippen LogP contribution in [0, 0.1) is 5.41 Å². The average Bonchev–Trinajstić information content (AvgIpc) is 2.52. The number of benzene rings is 1. The summed E-state index contributed by atoms with van der Waals surface area (Å²) < 4.78 is 16.2. The van der Waals surface area contributed by atoms with Crippen LogP contribution in [0.1, 0.15) is 20.8 Å². The van der Waals surface area contributed by atoms with Crippen LogP contribution in [0.4, 0.5) is 5.69 Å². The van der Waals surface area contributed by atoms with E-state index in [1.807, 2.05) is 32.0 Å². The molecule has 1 heterocycles. The minimum Gasteiger partial charge on any atom is -0.493 e. The Labute approximate surface area is 138 Å². The monoisotopic (exact) mass is 321 g/mol. The van der Waals surface area contributed by atoms with Crippen molar-refractivity contribution in [2.45, 2.75) is 20.8 Å². The van der Waals surface area contributed by atoms with E-state index in [1.165, 1.54) is 0 Å². The van der Waals surface area contributed by atoms with E-state index in [4.69, 9.17) is 14.2 Å². The van der Waals surface area contributed by atoms with Crippen molar-refractivity contribution in [3.8, 4) is 11.5 Å². The zero-order valence-corrected chi connectivity index (χ0v) is 14.4. The van der Waals surface area contributed by atoms with Crippen molar-refractivity contribution < 1.29 is 14.2 Å². The third kappa shape index (κ3) is 4.76. The number of hydrogen-bond acceptors (Lipinski definition) is 4. The highest BCUT2D eigenvalue weighted by molar-refractivity contribution is 5.93. The van der Waals surface area contributed by atoms with Crippen LogP contribution < -0.4 is 20.1 Å². The molecule has 6 nitrogen and oxygen atoms in total. The fraction of sp³-hybridized carbons (Fsp3) is 0.588. The molecule has 128 valence electrons. The van der Waals surface area contributed by atoms with Gasteiger partial charge in [-0.25, -0.2) is 0 Å². The van der Waals surface area contributed by atoms with Gasteiger partial charge < -0.3 is 24.8 Å². The van der Waals surface area contributed by atoms with Gasteiger partial charge in [0.05, 0.1) is 33.5 Å². The summed E-state index contributed by atoms with van der Waals surface area (Å²) in [6, 6.07) is 5.75. The molecule has 0 atom stereocenters. The van der Waals surface area contributed by atoms with Gasteiger partial charge >= 0.3 is 0 Å². The Morgan fingerprint density at radius 3 is 2.65 bits per heavy atom. The molecule has 6 heteroatoms. The molecule has 0 amide bonds. The summed E-state index contributed by atoms with van der Waals surface area (Å²) >= 11 is 0. The molecule has 1 aliphatic heterocycles. The third-order valence-corrected chi connectivity index (χ3v) is 3.59. The summed E-state index contributed by atoms with van der Waals surface area (Å²) in [5.74, 6) is 2.20. The number of hydrogen-bond donors (Lipinski definition) is 2. The summed E-state index contributed by atoms with van der Waals surface area (Å²) in [5.41, 5.74) is 1.06. The Balaban J connectivity index is 2.09. The fourth-order valence-electron chi connectivity index (χ4n) is 2.28. The van der Waals surface area contributed by atoms with Crippen LogP contribution in [0.15, 0.2) is 23.2 Å². The second kappa shape index (κ2) is 8.06. The lowest BCUT2D eigenvalue weighted by Crippen LogP contribution is -2.43. The highest BCUT2D eigenvalue weighted by Gasteiger charge is 2.33. The van der Waals surface area contributed by atoms with E-state index in [0.717, 1.165) is 49.4 Å². The molecule has 0 spiro atoms. The lowest BCUT2D eigenvalue weighted by molar-refractivity contribution is -0.0945. The molecule has 2 N–H and O–H groups in total. The first-order chi connectivity index (χ1) is 11.1. The van der Waals surface area contributed by atoms with Gasteiger partial charge in [-0.2, -0.15) is 0 Å². The van der Waals surface area contributed by atoms with E-state index >= 15 is 0 Å². The summed E-state index contributed by atoms with van der Waals surface area (Å²) in [6.45, 7) is 9.85. The van der Waals surface area contributed by atoms with E-state index < -0.39 is 0 Å². The molecule has 0 saturated carbocycles. The number of aliphatic imine (C=N–C) groups is 1. The molecule has 2 rings (SSSR count). The van der Waals surface area contributed by atoms with Crippen LogP contribution in [-0.4, -0.2) is 46.0 Å². The number of ether oxygens (including phenoxy) is 3. The molecule has 0 unspecified atom stereocenters. The maximum Gasteiger partial charge on any atom is 0.195 e. The second-order valence-corrected chi connectivity index (χ2v) is 5.92. The number of nitrogens with zero attached hydrogens (tertiary/aromatic N) is 1. The molecule has 1 saturated heterocycles. The zero-order chi connectivity index (χ0) is 16.7. The van der Waals surface area contributed by atoms with Gasteiger partial charge in [-0.05, 0) is 26.0 Å². The van der Waals surface area contributed by atoms with Crippen molar-refractivity contribution in [2.24, 2.45) is 10.4 Å². The van der Waals surface area contributed by atoms with Crippen LogP contribution in [0.2, 0.25) is 0 Å². The van der Waals surface area contributed by atoms with Gasteiger partial charge in [0.15, 0.2) is 17.5 Å². The van der Waals surface area contributed by atoms with Crippen LogP contribution in [0.25, 0.3) is 0 Å². The normalized spacial score (nSPS) is 16.4. The van der Waals surface area contributed by atoms with Crippen molar-refractivity contribution in [3.63, 3.8) is 0 Å². The van der Waals surface area contributed by atoms with E-state index in [0.29, 0.717) is 6.61 Å². The molecular weight excluding hydrogens is 294 g/mol. The van der Waals surface area contributed by atoms with Crippen LogP contribution in [0.3, 0.4) is 0 Å². The van der Waals surface area contributed by atoms with E-state index in [2.05, 4.69) is 22.5 Å². The maximum atomic E-state index is 5.61. The molecule has 23 heavy (non-hydrogen) atoms. The van der Waals surface area contributed by atoms with Crippen LogP contribution >= 0.6 is 0 Å². The number of anilines is 1. The number of guanidine groups is 1. The largest absolute Gasteiger partial charge is 0.493 e. The summed E-state index contributed by atoms with van der Waals surface area (Å²) in [4.78, 5) is 4.66. The zero-order valence-electron chi connectivity index (χ0n) is 14.4. The van der Waals surface area contributed by atoms with Gasteiger partial charge in [-0.3, -0.25) is 4.99 Å². The van der Waals surface area contributed by atoms with E-state index in [1.54, 1.807) is 7.11 Å². The first-order valence-corrected chi connectivity index (χ1v) is 8.04. The van der Waals surface area contributed by atoms with Gasteiger partial charge in [-0.1, -0.05) is 6.92 Å². The molecule has 0 radical (unpaired) electrons. The number of nitrogens with one attached hydrogen (secondary N) is 2. The molecule has 1 aliphatic rings.